The van der Waals surface area contributed by atoms with E-state index in [4.69, 9.17) is 0 Å². The third kappa shape index (κ3) is 3.99. The van der Waals surface area contributed by atoms with E-state index in [2.05, 4.69) is 39.0 Å². The Morgan fingerprint density at radius 3 is 2.47 bits per heavy atom. The van der Waals surface area contributed by atoms with Gasteiger partial charge in [0.2, 0.25) is 0 Å². The molecule has 0 aliphatic heterocycles. The average Bonchev–Trinajstić information content (AvgIpc) is 2.34. The third-order valence-corrected chi connectivity index (χ3v) is 3.46. The van der Waals surface area contributed by atoms with Gasteiger partial charge in [-0.15, -0.1) is 0 Å². The van der Waals surface area contributed by atoms with Crippen molar-refractivity contribution in [3.8, 4) is 0 Å². The molecule has 1 heteroatoms. The second-order valence-corrected chi connectivity index (χ2v) is 4.88. The summed E-state index contributed by atoms with van der Waals surface area (Å²) in [6.07, 6.45) is 3.82. The maximum Gasteiger partial charge on any atom is 0.129 e. The quantitative estimate of drug-likeness (QED) is 0.715. The first kappa shape index (κ1) is 14.0. The van der Waals surface area contributed by atoms with Crippen molar-refractivity contribution in [2.45, 2.75) is 59.3 Å². The fourth-order valence-corrected chi connectivity index (χ4v) is 2.22. The van der Waals surface area contributed by atoms with Crippen molar-refractivity contribution in [2.24, 2.45) is 0 Å². The van der Waals surface area contributed by atoms with Gasteiger partial charge in [-0.25, -0.2) is 0 Å². The van der Waals surface area contributed by atoms with Crippen LogP contribution in [0.5, 0.6) is 0 Å². The molecule has 0 bridgehead atoms. The van der Waals surface area contributed by atoms with E-state index in [1.165, 1.54) is 16.7 Å². The SMILES string of the molecule is CCc1ccc(CC)c(C(C)CCC(C)=O)c1. The van der Waals surface area contributed by atoms with Crippen molar-refractivity contribution in [3.05, 3.63) is 34.9 Å². The minimum Gasteiger partial charge on any atom is -0.300 e. The van der Waals surface area contributed by atoms with E-state index < -0.39 is 0 Å². The van der Waals surface area contributed by atoms with Crippen molar-refractivity contribution >= 4 is 5.78 Å². The zero-order chi connectivity index (χ0) is 12.8. The van der Waals surface area contributed by atoms with Crippen molar-refractivity contribution in [1.29, 1.82) is 0 Å². The standard InChI is InChI=1S/C16H24O/c1-5-14-9-10-15(6-2)16(11-14)12(3)7-8-13(4)17/h9-12H,5-8H2,1-4H3. The zero-order valence-corrected chi connectivity index (χ0v) is 11.5. The van der Waals surface area contributed by atoms with Crippen LogP contribution in [0.2, 0.25) is 0 Å². The number of hydrogen-bond donors (Lipinski definition) is 0. The molecule has 0 saturated carbocycles. The van der Waals surface area contributed by atoms with Gasteiger partial charge in [0.25, 0.3) is 0 Å². The molecule has 0 amide bonds. The normalized spacial score (nSPS) is 12.5. The molecule has 0 spiro atoms. The molecule has 1 atom stereocenters. The predicted molar refractivity (Wildman–Crippen MR) is 73.5 cm³/mol. The highest BCUT2D eigenvalue weighted by Gasteiger charge is 2.11. The molecule has 0 radical (unpaired) electrons. The van der Waals surface area contributed by atoms with E-state index in [0.29, 0.717) is 18.1 Å². The van der Waals surface area contributed by atoms with Gasteiger partial charge in [-0.2, -0.15) is 0 Å². The number of aryl methyl sites for hydroxylation is 2. The Bertz CT molecular complexity index is 379. The Morgan fingerprint density at radius 1 is 1.24 bits per heavy atom. The van der Waals surface area contributed by atoms with E-state index in [1.807, 2.05) is 0 Å². The van der Waals surface area contributed by atoms with Crippen LogP contribution < -0.4 is 0 Å². The van der Waals surface area contributed by atoms with E-state index in [0.717, 1.165) is 19.3 Å². The minimum absolute atomic E-state index is 0.293. The van der Waals surface area contributed by atoms with Gasteiger partial charge < -0.3 is 4.79 Å². The number of ketones is 1. The van der Waals surface area contributed by atoms with Crippen LogP contribution in [0.3, 0.4) is 0 Å². The maximum atomic E-state index is 11.1. The van der Waals surface area contributed by atoms with Crippen LogP contribution in [0.4, 0.5) is 0 Å². The fraction of sp³-hybridized carbons (Fsp3) is 0.562. The maximum absolute atomic E-state index is 11.1. The second kappa shape index (κ2) is 6.58. The Hall–Kier alpha value is -1.11. The highest BCUT2D eigenvalue weighted by Crippen LogP contribution is 2.26. The van der Waals surface area contributed by atoms with Gasteiger partial charge in [-0.1, -0.05) is 39.0 Å². The molecule has 17 heavy (non-hydrogen) atoms. The minimum atomic E-state index is 0.293. The Balaban J connectivity index is 2.88. The van der Waals surface area contributed by atoms with E-state index in [9.17, 15) is 4.79 Å². The van der Waals surface area contributed by atoms with Gasteiger partial charge in [0.15, 0.2) is 0 Å². The lowest BCUT2D eigenvalue weighted by Crippen LogP contribution is -2.02. The molecule has 1 aromatic rings. The molecule has 1 nitrogen and oxygen atoms in total. The summed E-state index contributed by atoms with van der Waals surface area (Å²) in [5.41, 5.74) is 4.26. The monoisotopic (exact) mass is 232 g/mol. The van der Waals surface area contributed by atoms with Crippen molar-refractivity contribution in [1.82, 2.24) is 0 Å². The molecule has 0 aliphatic carbocycles. The largest absolute Gasteiger partial charge is 0.300 e. The van der Waals surface area contributed by atoms with Gasteiger partial charge in [-0.3, -0.25) is 0 Å². The molecule has 0 heterocycles. The first-order chi connectivity index (χ1) is 8.08. The number of benzene rings is 1. The van der Waals surface area contributed by atoms with E-state index in [1.54, 1.807) is 6.92 Å². The Labute approximate surface area is 105 Å². The summed E-state index contributed by atoms with van der Waals surface area (Å²) in [7, 11) is 0. The zero-order valence-electron chi connectivity index (χ0n) is 11.5. The fourth-order valence-electron chi connectivity index (χ4n) is 2.22. The summed E-state index contributed by atoms with van der Waals surface area (Å²) in [5.74, 6) is 0.780. The van der Waals surface area contributed by atoms with Gasteiger partial charge in [-0.05, 0) is 48.8 Å². The second-order valence-electron chi connectivity index (χ2n) is 4.88. The lowest BCUT2D eigenvalue weighted by atomic mass is 9.89. The van der Waals surface area contributed by atoms with Gasteiger partial charge in [0.1, 0.15) is 5.78 Å². The third-order valence-electron chi connectivity index (χ3n) is 3.46. The summed E-state index contributed by atoms with van der Waals surface area (Å²) in [4.78, 5) is 11.1. The summed E-state index contributed by atoms with van der Waals surface area (Å²) < 4.78 is 0. The highest BCUT2D eigenvalue weighted by molar-refractivity contribution is 5.75. The number of carbonyl (C=O) groups is 1. The van der Waals surface area contributed by atoms with E-state index >= 15 is 0 Å². The smallest absolute Gasteiger partial charge is 0.129 e. The molecule has 94 valence electrons. The van der Waals surface area contributed by atoms with Gasteiger partial charge in [0.05, 0.1) is 0 Å². The van der Waals surface area contributed by atoms with Crippen LogP contribution in [-0.2, 0) is 17.6 Å². The molecular weight excluding hydrogens is 208 g/mol. The molecule has 0 saturated heterocycles. The van der Waals surface area contributed by atoms with Crippen LogP contribution in [0.25, 0.3) is 0 Å². The Kier molecular flexibility index (Phi) is 5.40. The molecule has 0 aromatic heterocycles. The van der Waals surface area contributed by atoms with Crippen LogP contribution in [0.15, 0.2) is 18.2 Å². The van der Waals surface area contributed by atoms with Crippen molar-refractivity contribution < 1.29 is 4.79 Å². The molecule has 0 N–H and O–H groups in total. The van der Waals surface area contributed by atoms with Crippen LogP contribution in [0, 0.1) is 0 Å². The topological polar surface area (TPSA) is 17.1 Å². The molecule has 1 unspecified atom stereocenters. The number of rotatable bonds is 6. The molecular formula is C16H24O. The molecule has 1 aromatic carbocycles. The van der Waals surface area contributed by atoms with Crippen molar-refractivity contribution in [2.75, 3.05) is 0 Å². The lowest BCUT2D eigenvalue weighted by molar-refractivity contribution is -0.117. The van der Waals surface area contributed by atoms with E-state index in [-0.39, 0.29) is 0 Å². The van der Waals surface area contributed by atoms with Crippen molar-refractivity contribution in [3.63, 3.8) is 0 Å². The summed E-state index contributed by atoms with van der Waals surface area (Å²) in [6.45, 7) is 8.29. The highest BCUT2D eigenvalue weighted by atomic mass is 16.1. The number of Topliss-reactive ketones (excluding diaryl/α,β-unsaturated/α-hetero) is 1. The summed E-state index contributed by atoms with van der Waals surface area (Å²) in [5, 5.41) is 0. The van der Waals surface area contributed by atoms with Crippen LogP contribution in [-0.4, -0.2) is 5.78 Å². The molecule has 0 fully saturated rings. The number of carbonyl (C=O) groups excluding carboxylic acids is 1. The lowest BCUT2D eigenvalue weighted by Gasteiger charge is -2.16. The van der Waals surface area contributed by atoms with Gasteiger partial charge in [0, 0.05) is 6.42 Å². The predicted octanol–water partition coefficient (Wildman–Crippen LogP) is 4.28. The summed E-state index contributed by atoms with van der Waals surface area (Å²) >= 11 is 0. The first-order valence-electron chi connectivity index (χ1n) is 6.69. The summed E-state index contributed by atoms with van der Waals surface area (Å²) in [6, 6.07) is 6.79. The number of hydrogen-bond acceptors (Lipinski definition) is 1. The van der Waals surface area contributed by atoms with Crippen LogP contribution >= 0.6 is 0 Å². The average molecular weight is 232 g/mol. The Morgan fingerprint density at radius 2 is 1.94 bits per heavy atom. The molecule has 0 aliphatic rings. The first-order valence-corrected chi connectivity index (χ1v) is 6.69. The van der Waals surface area contributed by atoms with Gasteiger partial charge >= 0.3 is 0 Å². The molecule has 1 rings (SSSR count). The van der Waals surface area contributed by atoms with Crippen LogP contribution in [0.1, 0.15) is 63.1 Å².